The number of rotatable bonds is 7. The molecule has 39 heavy (non-hydrogen) atoms. The first-order valence-electron chi connectivity index (χ1n) is 13.7. The lowest BCUT2D eigenvalue weighted by atomic mass is 10.0. The Bertz CT molecular complexity index is 1320. The van der Waals surface area contributed by atoms with Gasteiger partial charge in [-0.05, 0) is 54.7 Å². The van der Waals surface area contributed by atoms with Crippen molar-refractivity contribution in [3.05, 3.63) is 137 Å². The number of aryl methyl sites for hydroxylation is 1. The zero-order valence-electron chi connectivity index (χ0n) is 23.1. The molecule has 1 aliphatic heterocycles. The number of nitrogens with two attached hydrogens (primary N) is 1. The summed E-state index contributed by atoms with van der Waals surface area (Å²) in [5, 5.41) is 13.0. The first-order chi connectivity index (χ1) is 18.9. The standard InChI is InChI=1S/C22H22N2O.C12H18N2/c1-16-5-7-18(8-6-16)15-24-22(23)20-11-9-17(10-12-20)13-19-3-2-4-21(25)14-19;1-11-9-14(8-7-13-11)10-12-5-3-2-4-6-12/h2-12,14,25H,13,15H2,1H3,(H2,23,24);2-6,11,13H,7-10H2,1H3. The predicted octanol–water partition coefficient (Wildman–Crippen LogP) is 5.68. The molecule has 202 valence electrons. The van der Waals surface area contributed by atoms with Crippen molar-refractivity contribution in [2.75, 3.05) is 19.6 Å². The molecular weight excluding hydrogens is 480 g/mol. The van der Waals surface area contributed by atoms with Gasteiger partial charge in [-0.2, -0.15) is 0 Å². The van der Waals surface area contributed by atoms with Crippen LogP contribution in [-0.4, -0.2) is 41.5 Å². The largest absolute Gasteiger partial charge is 0.508 e. The molecule has 1 saturated heterocycles. The maximum Gasteiger partial charge on any atom is 0.125 e. The summed E-state index contributed by atoms with van der Waals surface area (Å²) in [5.41, 5.74) is 13.1. The van der Waals surface area contributed by atoms with E-state index in [9.17, 15) is 5.11 Å². The van der Waals surface area contributed by atoms with Gasteiger partial charge in [-0.25, -0.2) is 0 Å². The van der Waals surface area contributed by atoms with Gasteiger partial charge in [0.15, 0.2) is 0 Å². The molecule has 1 atom stereocenters. The third kappa shape index (κ3) is 9.40. The summed E-state index contributed by atoms with van der Waals surface area (Å²) >= 11 is 0. The first kappa shape index (κ1) is 28.1. The normalized spacial score (nSPS) is 15.8. The van der Waals surface area contributed by atoms with E-state index in [0.717, 1.165) is 42.7 Å². The molecule has 0 aliphatic carbocycles. The molecule has 1 aliphatic rings. The molecule has 1 heterocycles. The van der Waals surface area contributed by atoms with Gasteiger partial charge in [0.1, 0.15) is 11.6 Å². The Labute approximate surface area is 233 Å². The van der Waals surface area contributed by atoms with Crippen molar-refractivity contribution in [1.82, 2.24) is 10.2 Å². The maximum atomic E-state index is 9.54. The van der Waals surface area contributed by atoms with E-state index in [1.54, 1.807) is 12.1 Å². The second-order valence-corrected chi connectivity index (χ2v) is 10.3. The van der Waals surface area contributed by atoms with Crippen molar-refractivity contribution in [3.63, 3.8) is 0 Å². The summed E-state index contributed by atoms with van der Waals surface area (Å²) in [4.78, 5) is 6.99. The number of piperazine rings is 1. The number of hydrogen-bond acceptors (Lipinski definition) is 4. The highest BCUT2D eigenvalue weighted by Crippen LogP contribution is 2.16. The van der Waals surface area contributed by atoms with Gasteiger partial charge < -0.3 is 16.2 Å². The monoisotopic (exact) mass is 520 g/mol. The summed E-state index contributed by atoms with van der Waals surface area (Å²) < 4.78 is 0. The molecule has 1 fully saturated rings. The van der Waals surface area contributed by atoms with Gasteiger partial charge >= 0.3 is 0 Å². The summed E-state index contributed by atoms with van der Waals surface area (Å²) in [7, 11) is 0. The summed E-state index contributed by atoms with van der Waals surface area (Å²) in [6, 6.07) is 35.0. The Kier molecular flexibility index (Phi) is 10.3. The van der Waals surface area contributed by atoms with Crippen LogP contribution in [0.2, 0.25) is 0 Å². The minimum Gasteiger partial charge on any atom is -0.508 e. The van der Waals surface area contributed by atoms with Crippen LogP contribution < -0.4 is 11.1 Å². The third-order valence-electron chi connectivity index (χ3n) is 6.82. The molecular formula is C34H40N4O. The quantitative estimate of drug-likeness (QED) is 0.217. The Morgan fingerprint density at radius 3 is 2.26 bits per heavy atom. The van der Waals surface area contributed by atoms with E-state index in [4.69, 9.17) is 5.73 Å². The van der Waals surface area contributed by atoms with Crippen molar-refractivity contribution in [2.24, 2.45) is 10.7 Å². The molecule has 0 aromatic heterocycles. The number of hydrogen-bond donors (Lipinski definition) is 3. The molecule has 0 amide bonds. The Morgan fingerprint density at radius 1 is 0.872 bits per heavy atom. The minimum absolute atomic E-state index is 0.293. The van der Waals surface area contributed by atoms with Crippen LogP contribution in [0.25, 0.3) is 0 Å². The molecule has 0 saturated carbocycles. The van der Waals surface area contributed by atoms with Crippen LogP contribution >= 0.6 is 0 Å². The Morgan fingerprint density at radius 2 is 1.56 bits per heavy atom. The first-order valence-corrected chi connectivity index (χ1v) is 13.7. The number of aliphatic imine (C=N–C) groups is 1. The second-order valence-electron chi connectivity index (χ2n) is 10.3. The summed E-state index contributed by atoms with van der Waals surface area (Å²) in [6.45, 7) is 9.43. The van der Waals surface area contributed by atoms with Gasteiger partial charge in [-0.15, -0.1) is 0 Å². The van der Waals surface area contributed by atoms with Crippen molar-refractivity contribution in [1.29, 1.82) is 0 Å². The molecule has 0 bridgehead atoms. The summed E-state index contributed by atoms with van der Waals surface area (Å²) in [5.74, 6) is 0.839. The lowest BCUT2D eigenvalue weighted by Crippen LogP contribution is -2.48. The Hall–Kier alpha value is -3.93. The highest BCUT2D eigenvalue weighted by Gasteiger charge is 2.14. The number of benzene rings is 4. The molecule has 5 rings (SSSR count). The number of nitrogens with zero attached hydrogens (tertiary/aromatic N) is 2. The fourth-order valence-electron chi connectivity index (χ4n) is 4.65. The number of phenols is 1. The minimum atomic E-state index is 0.293. The van der Waals surface area contributed by atoms with Crippen LogP contribution in [0.1, 0.15) is 40.3 Å². The van der Waals surface area contributed by atoms with E-state index in [2.05, 4.69) is 83.7 Å². The molecule has 4 N–H and O–H groups in total. The number of phenolic OH excluding ortho intramolecular Hbond substituents is 1. The molecule has 1 unspecified atom stereocenters. The summed E-state index contributed by atoms with van der Waals surface area (Å²) in [6.07, 6.45) is 0.773. The smallest absolute Gasteiger partial charge is 0.125 e. The zero-order valence-corrected chi connectivity index (χ0v) is 23.1. The fraction of sp³-hybridized carbons (Fsp3) is 0.265. The molecule has 5 heteroatoms. The topological polar surface area (TPSA) is 73.9 Å². The highest BCUT2D eigenvalue weighted by molar-refractivity contribution is 5.97. The van der Waals surface area contributed by atoms with E-state index >= 15 is 0 Å². The lowest BCUT2D eigenvalue weighted by Gasteiger charge is -2.31. The molecule has 5 nitrogen and oxygen atoms in total. The van der Waals surface area contributed by atoms with Crippen molar-refractivity contribution < 1.29 is 5.11 Å². The van der Waals surface area contributed by atoms with Crippen molar-refractivity contribution >= 4 is 5.84 Å². The highest BCUT2D eigenvalue weighted by atomic mass is 16.3. The fourth-order valence-corrected chi connectivity index (χ4v) is 4.65. The van der Waals surface area contributed by atoms with E-state index < -0.39 is 0 Å². The lowest BCUT2D eigenvalue weighted by molar-refractivity contribution is 0.199. The van der Waals surface area contributed by atoms with Gasteiger partial charge in [0, 0.05) is 37.8 Å². The number of nitrogens with one attached hydrogen (secondary N) is 1. The zero-order chi connectivity index (χ0) is 27.5. The molecule has 4 aromatic carbocycles. The molecule has 0 radical (unpaired) electrons. The predicted molar refractivity (Wildman–Crippen MR) is 162 cm³/mol. The van der Waals surface area contributed by atoms with Crippen LogP contribution in [-0.2, 0) is 19.5 Å². The van der Waals surface area contributed by atoms with Gasteiger partial charge in [-0.3, -0.25) is 9.89 Å². The van der Waals surface area contributed by atoms with E-state index in [1.165, 1.54) is 23.2 Å². The van der Waals surface area contributed by atoms with E-state index in [0.29, 0.717) is 24.2 Å². The van der Waals surface area contributed by atoms with Crippen molar-refractivity contribution in [3.8, 4) is 5.75 Å². The number of aromatic hydroxyl groups is 1. The van der Waals surface area contributed by atoms with Gasteiger partial charge in [0.2, 0.25) is 0 Å². The van der Waals surface area contributed by atoms with Crippen LogP contribution in [0.3, 0.4) is 0 Å². The van der Waals surface area contributed by atoms with Gasteiger partial charge in [-0.1, -0.05) is 96.6 Å². The van der Waals surface area contributed by atoms with Gasteiger partial charge in [0.25, 0.3) is 0 Å². The average Bonchev–Trinajstić information content (AvgIpc) is 2.94. The maximum absolute atomic E-state index is 9.54. The van der Waals surface area contributed by atoms with Crippen LogP contribution in [0.15, 0.2) is 108 Å². The van der Waals surface area contributed by atoms with Crippen LogP contribution in [0, 0.1) is 6.92 Å². The van der Waals surface area contributed by atoms with E-state index in [1.807, 2.05) is 36.4 Å². The Balaban J connectivity index is 0.000000212. The molecule has 0 spiro atoms. The third-order valence-corrected chi connectivity index (χ3v) is 6.82. The van der Waals surface area contributed by atoms with Crippen LogP contribution in [0.5, 0.6) is 5.75 Å². The molecule has 4 aromatic rings. The van der Waals surface area contributed by atoms with Crippen LogP contribution in [0.4, 0.5) is 0 Å². The number of amidine groups is 1. The van der Waals surface area contributed by atoms with Gasteiger partial charge in [0.05, 0.1) is 6.54 Å². The average molecular weight is 521 g/mol. The SMILES string of the molecule is CC1CN(Cc2ccccc2)CCN1.Cc1ccc(CN=C(N)c2ccc(Cc3cccc(O)c3)cc2)cc1. The van der Waals surface area contributed by atoms with Crippen molar-refractivity contribution in [2.45, 2.75) is 39.4 Å². The van der Waals surface area contributed by atoms with E-state index in [-0.39, 0.29) is 0 Å². The second kappa shape index (κ2) is 14.3.